The molecular weight excluding hydrogens is 255 g/mol. The molecule has 2 aromatic carbocycles. The molecule has 0 aliphatic carbocycles. The van der Waals surface area contributed by atoms with E-state index in [2.05, 4.69) is 0 Å². The molecule has 2 rings (SSSR count). The van der Waals surface area contributed by atoms with Gasteiger partial charge in [0, 0.05) is 5.02 Å². The molecule has 3 nitrogen and oxygen atoms in total. The Morgan fingerprint density at radius 2 is 1.83 bits per heavy atom. The third-order valence-electron chi connectivity index (χ3n) is 2.27. The van der Waals surface area contributed by atoms with Gasteiger partial charge >= 0.3 is 0 Å². The van der Waals surface area contributed by atoms with E-state index >= 15 is 0 Å². The van der Waals surface area contributed by atoms with Crippen LogP contribution in [0.5, 0.6) is 11.5 Å². The van der Waals surface area contributed by atoms with Crippen LogP contribution < -0.4 is 10.5 Å². The molecule has 92 valence electrons. The maximum Gasteiger partial charge on any atom is 0.138 e. The Hall–Kier alpha value is -2.07. The molecule has 0 unspecified atom stereocenters. The zero-order valence-corrected chi connectivity index (χ0v) is 10.0. The van der Waals surface area contributed by atoms with Crippen molar-refractivity contribution in [2.75, 3.05) is 0 Å². The fourth-order valence-electron chi connectivity index (χ4n) is 1.43. The Balaban J connectivity index is 2.34. The highest BCUT2D eigenvalue weighted by molar-refractivity contribution is 6.31. The molecule has 0 radical (unpaired) electrons. The minimum atomic E-state index is -0.342. The maximum absolute atomic E-state index is 12.8. The van der Waals surface area contributed by atoms with Crippen molar-refractivity contribution in [3.05, 3.63) is 58.9 Å². The second-order valence-electron chi connectivity index (χ2n) is 3.61. The summed E-state index contributed by atoms with van der Waals surface area (Å²) in [6, 6.07) is 10.4. The van der Waals surface area contributed by atoms with Crippen LogP contribution in [0, 0.1) is 11.2 Å². The van der Waals surface area contributed by atoms with Gasteiger partial charge in [0.25, 0.3) is 0 Å². The molecule has 0 saturated heterocycles. The number of hydrogen-bond acceptors (Lipinski definition) is 2. The molecule has 0 aromatic heterocycles. The molecule has 18 heavy (non-hydrogen) atoms. The zero-order chi connectivity index (χ0) is 13.1. The summed E-state index contributed by atoms with van der Waals surface area (Å²) in [5.41, 5.74) is 5.84. The van der Waals surface area contributed by atoms with Crippen molar-refractivity contribution < 1.29 is 9.13 Å². The highest BCUT2D eigenvalue weighted by Crippen LogP contribution is 2.27. The van der Waals surface area contributed by atoms with Gasteiger partial charge in [-0.15, -0.1) is 0 Å². The molecule has 3 N–H and O–H groups in total. The van der Waals surface area contributed by atoms with Crippen LogP contribution in [-0.2, 0) is 0 Å². The lowest BCUT2D eigenvalue weighted by Gasteiger charge is -2.10. The topological polar surface area (TPSA) is 59.1 Å². The smallest absolute Gasteiger partial charge is 0.138 e. The van der Waals surface area contributed by atoms with Gasteiger partial charge in [0.1, 0.15) is 23.2 Å². The van der Waals surface area contributed by atoms with Crippen molar-refractivity contribution in [2.45, 2.75) is 0 Å². The Labute approximate surface area is 108 Å². The van der Waals surface area contributed by atoms with Gasteiger partial charge in [-0.3, -0.25) is 5.41 Å². The summed E-state index contributed by atoms with van der Waals surface area (Å²) in [5, 5.41) is 7.92. The number of amidine groups is 1. The quantitative estimate of drug-likeness (QED) is 0.658. The summed E-state index contributed by atoms with van der Waals surface area (Å²) in [7, 11) is 0. The SMILES string of the molecule is N=C(N)c1cc(Cl)ccc1Oc1ccc(F)cc1. The fourth-order valence-corrected chi connectivity index (χ4v) is 1.60. The molecule has 0 aliphatic rings. The Bertz CT molecular complexity index is 584. The van der Waals surface area contributed by atoms with Crippen molar-refractivity contribution >= 4 is 17.4 Å². The maximum atomic E-state index is 12.8. The predicted octanol–water partition coefficient (Wildman–Crippen LogP) is 3.56. The van der Waals surface area contributed by atoms with Crippen LogP contribution in [0.1, 0.15) is 5.56 Å². The van der Waals surface area contributed by atoms with E-state index in [4.69, 9.17) is 27.5 Å². The minimum absolute atomic E-state index is 0.144. The molecule has 0 heterocycles. The number of ether oxygens (including phenoxy) is 1. The van der Waals surface area contributed by atoms with E-state index in [1.807, 2.05) is 0 Å². The van der Waals surface area contributed by atoms with Crippen molar-refractivity contribution in [3.63, 3.8) is 0 Å². The van der Waals surface area contributed by atoms with Crippen molar-refractivity contribution in [3.8, 4) is 11.5 Å². The van der Waals surface area contributed by atoms with E-state index in [0.29, 0.717) is 22.1 Å². The number of nitrogens with two attached hydrogens (primary N) is 1. The molecule has 0 atom stereocenters. The normalized spacial score (nSPS) is 10.1. The number of halogens is 2. The molecule has 0 amide bonds. The molecule has 0 fully saturated rings. The lowest BCUT2D eigenvalue weighted by atomic mass is 10.2. The molecule has 2 aromatic rings. The van der Waals surface area contributed by atoms with Crippen LogP contribution >= 0.6 is 11.6 Å². The first kappa shape index (κ1) is 12.4. The van der Waals surface area contributed by atoms with Crippen molar-refractivity contribution in [2.24, 2.45) is 5.73 Å². The van der Waals surface area contributed by atoms with Gasteiger partial charge in [-0.1, -0.05) is 11.6 Å². The van der Waals surface area contributed by atoms with Crippen LogP contribution in [0.25, 0.3) is 0 Å². The fraction of sp³-hybridized carbons (Fsp3) is 0. The highest BCUT2D eigenvalue weighted by atomic mass is 35.5. The summed E-state index contributed by atoms with van der Waals surface area (Å²) >= 11 is 5.83. The third-order valence-corrected chi connectivity index (χ3v) is 2.51. The van der Waals surface area contributed by atoms with Crippen LogP contribution in [0.4, 0.5) is 4.39 Å². The lowest BCUT2D eigenvalue weighted by Crippen LogP contribution is -2.12. The van der Waals surface area contributed by atoms with Crippen LogP contribution in [0.15, 0.2) is 42.5 Å². The number of rotatable bonds is 3. The van der Waals surface area contributed by atoms with Crippen LogP contribution in [0.2, 0.25) is 5.02 Å². The van der Waals surface area contributed by atoms with Gasteiger partial charge in [-0.2, -0.15) is 0 Å². The van der Waals surface area contributed by atoms with Gasteiger partial charge in [0.15, 0.2) is 0 Å². The summed E-state index contributed by atoms with van der Waals surface area (Å²) in [5.74, 6) is 0.375. The predicted molar refractivity (Wildman–Crippen MR) is 68.9 cm³/mol. The highest BCUT2D eigenvalue weighted by Gasteiger charge is 2.08. The van der Waals surface area contributed by atoms with E-state index in [-0.39, 0.29) is 11.7 Å². The first-order chi connectivity index (χ1) is 8.56. The van der Waals surface area contributed by atoms with E-state index in [0.717, 1.165) is 0 Å². The van der Waals surface area contributed by atoms with Gasteiger partial charge in [0.05, 0.1) is 5.56 Å². The second-order valence-corrected chi connectivity index (χ2v) is 4.05. The van der Waals surface area contributed by atoms with E-state index in [9.17, 15) is 4.39 Å². The number of nitrogens with one attached hydrogen (secondary N) is 1. The van der Waals surface area contributed by atoms with E-state index in [1.54, 1.807) is 18.2 Å². The van der Waals surface area contributed by atoms with Gasteiger partial charge in [-0.05, 0) is 42.5 Å². The Morgan fingerprint density at radius 3 is 2.44 bits per heavy atom. The lowest BCUT2D eigenvalue weighted by molar-refractivity contribution is 0.479. The summed E-state index contributed by atoms with van der Waals surface area (Å²) in [6.07, 6.45) is 0. The summed E-state index contributed by atoms with van der Waals surface area (Å²) in [4.78, 5) is 0. The summed E-state index contributed by atoms with van der Waals surface area (Å²) < 4.78 is 18.3. The van der Waals surface area contributed by atoms with E-state index < -0.39 is 0 Å². The average molecular weight is 265 g/mol. The number of nitrogen functional groups attached to an aromatic ring is 1. The largest absolute Gasteiger partial charge is 0.457 e. The van der Waals surface area contributed by atoms with Crippen LogP contribution in [-0.4, -0.2) is 5.84 Å². The molecule has 0 saturated carbocycles. The Morgan fingerprint density at radius 1 is 1.17 bits per heavy atom. The van der Waals surface area contributed by atoms with E-state index in [1.165, 1.54) is 24.3 Å². The number of hydrogen-bond donors (Lipinski definition) is 2. The number of benzene rings is 2. The Kier molecular flexibility index (Phi) is 3.48. The molecule has 0 aliphatic heterocycles. The molecule has 0 bridgehead atoms. The first-order valence-corrected chi connectivity index (χ1v) is 5.51. The first-order valence-electron chi connectivity index (χ1n) is 5.13. The average Bonchev–Trinajstić information content (AvgIpc) is 2.34. The van der Waals surface area contributed by atoms with Crippen molar-refractivity contribution in [1.82, 2.24) is 0 Å². The van der Waals surface area contributed by atoms with Gasteiger partial charge in [0.2, 0.25) is 0 Å². The van der Waals surface area contributed by atoms with Crippen molar-refractivity contribution in [1.29, 1.82) is 5.41 Å². The monoisotopic (exact) mass is 264 g/mol. The summed E-state index contributed by atoms with van der Waals surface area (Å²) in [6.45, 7) is 0. The molecule has 5 heteroatoms. The zero-order valence-electron chi connectivity index (χ0n) is 9.28. The van der Waals surface area contributed by atoms with Gasteiger partial charge in [-0.25, -0.2) is 4.39 Å². The standard InChI is InChI=1S/C13H10ClFN2O/c14-8-1-6-12(11(7-8)13(16)17)18-10-4-2-9(15)3-5-10/h1-7H,(H3,16,17). The molecular formula is C13H10ClFN2O. The van der Waals surface area contributed by atoms with Gasteiger partial charge < -0.3 is 10.5 Å². The third kappa shape index (κ3) is 2.78. The second kappa shape index (κ2) is 5.06. The van der Waals surface area contributed by atoms with Crippen LogP contribution in [0.3, 0.4) is 0 Å². The molecule has 0 spiro atoms. The minimum Gasteiger partial charge on any atom is -0.457 e.